The van der Waals surface area contributed by atoms with Gasteiger partial charge >= 0.3 is 5.97 Å². The molecule has 0 spiro atoms. The Bertz CT molecular complexity index is 992. The topological polar surface area (TPSA) is 190 Å². The molecular formula is C16H18N6O6S3. The Morgan fingerprint density at radius 2 is 2.23 bits per heavy atom. The highest BCUT2D eigenvalue weighted by Gasteiger charge is 2.54. The van der Waals surface area contributed by atoms with Crippen molar-refractivity contribution in [1.29, 1.82) is 0 Å². The number of rotatable bonds is 9. The summed E-state index contributed by atoms with van der Waals surface area (Å²) in [6.45, 7) is 0. The Morgan fingerprint density at radius 3 is 2.81 bits per heavy atom. The average Bonchev–Trinajstić information content (AvgIpc) is 3.14. The van der Waals surface area contributed by atoms with Gasteiger partial charge in [0.2, 0.25) is 5.91 Å². The highest BCUT2D eigenvalue weighted by atomic mass is 32.2. The van der Waals surface area contributed by atoms with Gasteiger partial charge in [-0.3, -0.25) is 19.3 Å². The quantitative estimate of drug-likeness (QED) is 0.192. The lowest BCUT2D eigenvalue weighted by Crippen LogP contribution is -2.71. The van der Waals surface area contributed by atoms with Crippen molar-refractivity contribution in [1.82, 2.24) is 15.2 Å². The van der Waals surface area contributed by atoms with E-state index >= 15 is 0 Å². The number of nitrogens with two attached hydrogens (primary N) is 2. The van der Waals surface area contributed by atoms with Crippen LogP contribution in [0.3, 0.4) is 0 Å². The van der Waals surface area contributed by atoms with Gasteiger partial charge in [0, 0.05) is 16.9 Å². The van der Waals surface area contributed by atoms with E-state index in [-0.39, 0.29) is 33.7 Å². The monoisotopic (exact) mass is 486 g/mol. The van der Waals surface area contributed by atoms with Gasteiger partial charge in [-0.1, -0.05) is 5.16 Å². The predicted octanol–water partition coefficient (Wildman–Crippen LogP) is -0.967. The number of anilines is 1. The third-order valence-electron chi connectivity index (χ3n) is 4.22. The Hall–Kier alpha value is -2.78. The number of carboxylic acid groups (broad SMARTS) is 1. The number of nitrogens with zero attached hydrogens (tertiary/aromatic N) is 3. The fraction of sp³-hybridized carbons (Fsp3) is 0.375. The molecule has 2 atom stereocenters. The van der Waals surface area contributed by atoms with E-state index < -0.39 is 35.1 Å². The van der Waals surface area contributed by atoms with E-state index in [2.05, 4.69) is 15.5 Å². The molecule has 3 rings (SSSR count). The van der Waals surface area contributed by atoms with Crippen LogP contribution >= 0.6 is 34.9 Å². The highest BCUT2D eigenvalue weighted by molar-refractivity contribution is 8.01. The van der Waals surface area contributed by atoms with E-state index in [1.807, 2.05) is 0 Å². The summed E-state index contributed by atoms with van der Waals surface area (Å²) in [5.74, 6) is -2.40. The first-order valence-corrected chi connectivity index (χ1v) is 11.7. The van der Waals surface area contributed by atoms with Crippen molar-refractivity contribution in [3.63, 3.8) is 0 Å². The van der Waals surface area contributed by atoms with Crippen molar-refractivity contribution in [3.05, 3.63) is 22.3 Å². The number of primary amides is 1. The van der Waals surface area contributed by atoms with Crippen LogP contribution in [0.25, 0.3) is 0 Å². The normalized spacial score (nSPS) is 20.7. The molecule has 0 aromatic carbocycles. The standard InChI is InChI=1S/C16H18N6O6S3/c1-28-21-9(7-4-31-16(18)19-7)12(24)20-10-13(25)22-11(15(26)27)6(3-30-14(10)22)2-29-5-8(17)23/h4,10,14H,2-3,5H2,1H3,(H2,17,23)(H2,18,19)(H,20,24)(H,26,27)/t10?,14-/m0/s1. The van der Waals surface area contributed by atoms with E-state index in [9.17, 15) is 24.3 Å². The first kappa shape index (κ1) is 22.9. The second kappa shape index (κ2) is 9.57. The fourth-order valence-electron chi connectivity index (χ4n) is 2.97. The maximum atomic E-state index is 12.7. The molecule has 2 aliphatic rings. The lowest BCUT2D eigenvalue weighted by atomic mass is 10.0. The molecule has 0 saturated carbocycles. The fourth-order valence-corrected chi connectivity index (χ4v) is 5.78. The lowest BCUT2D eigenvalue weighted by molar-refractivity contribution is -0.150. The van der Waals surface area contributed by atoms with Crippen LogP contribution in [-0.4, -0.2) is 80.2 Å². The molecule has 1 aromatic rings. The van der Waals surface area contributed by atoms with Crippen molar-refractivity contribution < 1.29 is 29.1 Å². The zero-order valence-electron chi connectivity index (χ0n) is 16.1. The van der Waals surface area contributed by atoms with Gasteiger partial charge in [0.1, 0.15) is 29.9 Å². The van der Waals surface area contributed by atoms with Crippen molar-refractivity contribution >= 4 is 69.4 Å². The Balaban J connectivity index is 1.74. The number of β-lactam (4-membered cyclic amide) rings is 1. The van der Waals surface area contributed by atoms with Crippen LogP contribution in [0.15, 0.2) is 21.8 Å². The molecule has 1 unspecified atom stereocenters. The number of thioether (sulfide) groups is 2. The molecular weight excluding hydrogens is 468 g/mol. The largest absolute Gasteiger partial charge is 0.477 e. The smallest absolute Gasteiger partial charge is 0.352 e. The summed E-state index contributed by atoms with van der Waals surface area (Å²) in [6.07, 6.45) is 0. The summed E-state index contributed by atoms with van der Waals surface area (Å²) in [5.41, 5.74) is 11.1. The maximum Gasteiger partial charge on any atom is 0.352 e. The van der Waals surface area contributed by atoms with Crippen LogP contribution in [0.4, 0.5) is 5.13 Å². The van der Waals surface area contributed by atoms with Crippen LogP contribution in [0.1, 0.15) is 5.69 Å². The molecule has 15 heteroatoms. The number of fused-ring (bicyclic) bond motifs is 1. The predicted molar refractivity (Wildman–Crippen MR) is 116 cm³/mol. The zero-order valence-corrected chi connectivity index (χ0v) is 18.5. The first-order chi connectivity index (χ1) is 14.7. The molecule has 12 nitrogen and oxygen atoms in total. The summed E-state index contributed by atoms with van der Waals surface area (Å²) in [4.78, 5) is 58.0. The van der Waals surface area contributed by atoms with Gasteiger partial charge in [0.05, 0.1) is 5.75 Å². The molecule has 31 heavy (non-hydrogen) atoms. The molecule has 6 N–H and O–H groups in total. The third-order valence-corrected chi connectivity index (χ3v) is 7.27. The highest BCUT2D eigenvalue weighted by Crippen LogP contribution is 2.41. The summed E-state index contributed by atoms with van der Waals surface area (Å²) in [5, 5.41) is 17.0. The van der Waals surface area contributed by atoms with Crippen LogP contribution in [0, 0.1) is 0 Å². The maximum absolute atomic E-state index is 12.7. The number of nitrogen functional groups attached to an aromatic ring is 1. The molecule has 3 heterocycles. The Labute approximate surface area is 188 Å². The van der Waals surface area contributed by atoms with E-state index in [0.29, 0.717) is 11.3 Å². The van der Waals surface area contributed by atoms with Crippen molar-refractivity contribution in [3.8, 4) is 0 Å². The average molecular weight is 487 g/mol. The number of carbonyl (C=O) groups excluding carboxylic acids is 3. The van der Waals surface area contributed by atoms with Crippen molar-refractivity contribution in [2.75, 3.05) is 30.1 Å². The van der Waals surface area contributed by atoms with E-state index in [4.69, 9.17) is 16.3 Å². The van der Waals surface area contributed by atoms with E-state index in [1.165, 1.54) is 36.0 Å². The molecule has 3 amide bonds. The second-order valence-corrected chi connectivity index (χ2v) is 9.25. The summed E-state index contributed by atoms with van der Waals surface area (Å²) < 4.78 is 0. The van der Waals surface area contributed by atoms with Gasteiger partial charge < -0.3 is 26.7 Å². The number of thiazole rings is 1. The molecule has 0 radical (unpaired) electrons. The molecule has 0 aliphatic carbocycles. The number of aromatic nitrogens is 1. The minimum atomic E-state index is -1.25. The number of hydrogen-bond acceptors (Lipinski definition) is 11. The van der Waals surface area contributed by atoms with Gasteiger partial charge in [-0.15, -0.1) is 34.9 Å². The second-order valence-electron chi connectivity index (χ2n) is 6.27. The van der Waals surface area contributed by atoms with Gasteiger partial charge in [-0.25, -0.2) is 9.78 Å². The number of oxime groups is 1. The van der Waals surface area contributed by atoms with Gasteiger partial charge in [0.25, 0.3) is 11.8 Å². The van der Waals surface area contributed by atoms with Gasteiger partial charge in [0.15, 0.2) is 10.8 Å². The molecule has 1 saturated heterocycles. The minimum absolute atomic E-state index is 0.0415. The number of carboxylic acids is 1. The number of carbonyl (C=O) groups is 4. The molecule has 0 bridgehead atoms. The van der Waals surface area contributed by atoms with E-state index in [0.717, 1.165) is 16.2 Å². The van der Waals surface area contributed by atoms with Crippen LogP contribution in [0.2, 0.25) is 0 Å². The summed E-state index contributed by atoms with van der Waals surface area (Å²) >= 11 is 3.60. The van der Waals surface area contributed by atoms with Crippen LogP contribution < -0.4 is 16.8 Å². The third kappa shape index (κ3) is 4.77. The van der Waals surface area contributed by atoms with Crippen LogP contribution in [0.5, 0.6) is 0 Å². The molecule has 1 fully saturated rings. The zero-order chi connectivity index (χ0) is 22.7. The number of amides is 3. The number of nitrogens with one attached hydrogen (secondary N) is 1. The van der Waals surface area contributed by atoms with Gasteiger partial charge in [-0.2, -0.15) is 0 Å². The minimum Gasteiger partial charge on any atom is -0.477 e. The van der Waals surface area contributed by atoms with E-state index in [1.54, 1.807) is 0 Å². The van der Waals surface area contributed by atoms with Crippen LogP contribution in [-0.2, 0) is 24.0 Å². The summed E-state index contributed by atoms with van der Waals surface area (Å²) in [6, 6.07) is -0.940. The van der Waals surface area contributed by atoms with Crippen molar-refractivity contribution in [2.45, 2.75) is 11.4 Å². The first-order valence-electron chi connectivity index (χ1n) is 8.64. The molecule has 166 valence electrons. The summed E-state index contributed by atoms with van der Waals surface area (Å²) in [7, 11) is 1.26. The Kier molecular flexibility index (Phi) is 7.07. The van der Waals surface area contributed by atoms with Crippen molar-refractivity contribution in [2.24, 2.45) is 10.9 Å². The number of aliphatic carboxylic acids is 1. The molecule has 1 aromatic heterocycles. The molecule has 2 aliphatic heterocycles. The lowest BCUT2D eigenvalue weighted by Gasteiger charge is -2.49. The Morgan fingerprint density at radius 1 is 1.48 bits per heavy atom. The van der Waals surface area contributed by atoms with Gasteiger partial charge in [-0.05, 0) is 5.57 Å². The SMILES string of the molecule is CON=C(C(=O)NC1C(=O)N2C(C(=O)O)=C(CSCC(N)=O)CS[C@@H]12)c1csc(N)n1. The number of hydrogen-bond donors (Lipinski definition) is 4.